The molecule has 0 saturated heterocycles. The molecule has 1 nitrogen and oxygen atoms in total. The van der Waals surface area contributed by atoms with Crippen molar-refractivity contribution >= 4 is 34.1 Å². The normalized spacial score (nSPS) is 10.9. The topological polar surface area (TPSA) is 4.93 Å². The molecule has 1 aromatic carbocycles. The Bertz CT molecular complexity index is 420. The summed E-state index contributed by atoms with van der Waals surface area (Å²) in [7, 11) is 0. The Balaban J connectivity index is 2.64. The smallest absolute Gasteiger partial charge is 0.0669 e. The minimum atomic E-state index is 0.606. The summed E-state index contributed by atoms with van der Waals surface area (Å²) < 4.78 is 2.07. The minimum absolute atomic E-state index is 0.606. The summed E-state index contributed by atoms with van der Waals surface area (Å²) in [5.41, 5.74) is 1.07. The van der Waals surface area contributed by atoms with E-state index in [1.165, 1.54) is 0 Å². The van der Waals surface area contributed by atoms with Crippen molar-refractivity contribution in [2.75, 3.05) is 5.88 Å². The molecule has 0 unspecified atom stereocenters. The lowest BCUT2D eigenvalue weighted by atomic mass is 10.2. The molecule has 0 bridgehead atoms. The molecular formula is C10H9Cl2N. The van der Waals surface area contributed by atoms with Gasteiger partial charge in [0.2, 0.25) is 0 Å². The summed E-state index contributed by atoms with van der Waals surface area (Å²) >= 11 is 11.8. The number of benzene rings is 1. The first-order valence-electron chi connectivity index (χ1n) is 4.12. The Kier molecular flexibility index (Phi) is 2.47. The molecule has 0 aliphatic heterocycles. The van der Waals surface area contributed by atoms with E-state index >= 15 is 0 Å². The van der Waals surface area contributed by atoms with Gasteiger partial charge in [0, 0.05) is 24.0 Å². The predicted octanol–water partition coefficient (Wildman–Crippen LogP) is 3.53. The maximum atomic E-state index is 6.08. The van der Waals surface area contributed by atoms with Crippen molar-refractivity contribution in [3.63, 3.8) is 0 Å². The van der Waals surface area contributed by atoms with Crippen LogP contribution in [0.4, 0.5) is 0 Å². The lowest BCUT2D eigenvalue weighted by Crippen LogP contribution is -1.96. The van der Waals surface area contributed by atoms with Gasteiger partial charge in [0.05, 0.1) is 10.5 Å². The number of halogens is 2. The molecule has 0 aliphatic carbocycles. The first kappa shape index (κ1) is 8.92. The summed E-state index contributed by atoms with van der Waals surface area (Å²) in [4.78, 5) is 0. The van der Waals surface area contributed by atoms with Gasteiger partial charge in [-0.05, 0) is 12.1 Å². The highest BCUT2D eigenvalue weighted by atomic mass is 35.5. The molecule has 0 N–H and O–H groups in total. The lowest BCUT2D eigenvalue weighted by Gasteiger charge is -2.03. The van der Waals surface area contributed by atoms with Crippen LogP contribution in [0.2, 0.25) is 5.02 Å². The molecule has 0 saturated carbocycles. The Hall–Kier alpha value is -0.660. The molecule has 2 aromatic rings. The van der Waals surface area contributed by atoms with E-state index in [0.717, 1.165) is 22.5 Å². The quantitative estimate of drug-likeness (QED) is 0.674. The van der Waals surface area contributed by atoms with Crippen LogP contribution in [-0.2, 0) is 6.54 Å². The van der Waals surface area contributed by atoms with E-state index in [9.17, 15) is 0 Å². The van der Waals surface area contributed by atoms with Gasteiger partial charge in [-0.1, -0.05) is 23.7 Å². The van der Waals surface area contributed by atoms with Crippen LogP contribution in [0.5, 0.6) is 0 Å². The zero-order valence-electron chi connectivity index (χ0n) is 7.00. The van der Waals surface area contributed by atoms with Crippen molar-refractivity contribution in [2.45, 2.75) is 6.54 Å². The molecule has 1 heterocycles. The van der Waals surface area contributed by atoms with Crippen LogP contribution in [0.15, 0.2) is 30.5 Å². The summed E-state index contributed by atoms with van der Waals surface area (Å²) in [6.45, 7) is 0.800. The highest BCUT2D eigenvalue weighted by molar-refractivity contribution is 6.35. The fourth-order valence-electron chi connectivity index (χ4n) is 1.49. The zero-order chi connectivity index (χ0) is 9.26. The second-order valence-electron chi connectivity index (χ2n) is 2.88. The average molecular weight is 214 g/mol. The van der Waals surface area contributed by atoms with Crippen molar-refractivity contribution in [1.29, 1.82) is 0 Å². The molecule has 0 spiro atoms. The molecule has 0 aliphatic rings. The Labute approximate surface area is 86.9 Å². The van der Waals surface area contributed by atoms with Gasteiger partial charge in [0.1, 0.15) is 0 Å². The van der Waals surface area contributed by atoms with Crippen molar-refractivity contribution in [2.24, 2.45) is 0 Å². The van der Waals surface area contributed by atoms with Gasteiger partial charge in [-0.2, -0.15) is 0 Å². The predicted molar refractivity (Wildman–Crippen MR) is 57.7 cm³/mol. The number of aryl methyl sites for hydroxylation is 1. The van der Waals surface area contributed by atoms with Crippen LogP contribution in [0.25, 0.3) is 10.9 Å². The Morgan fingerprint density at radius 3 is 2.85 bits per heavy atom. The summed E-state index contributed by atoms with van der Waals surface area (Å²) in [6.07, 6.45) is 2.01. The van der Waals surface area contributed by atoms with E-state index in [0.29, 0.717) is 5.88 Å². The number of fused-ring (bicyclic) bond motifs is 1. The largest absolute Gasteiger partial charge is 0.345 e. The van der Waals surface area contributed by atoms with E-state index in [1.54, 1.807) is 0 Å². The monoisotopic (exact) mass is 213 g/mol. The number of rotatable bonds is 2. The number of aromatic nitrogens is 1. The first-order valence-corrected chi connectivity index (χ1v) is 5.03. The number of nitrogens with zero attached hydrogens (tertiary/aromatic N) is 1. The SMILES string of the molecule is ClCCn1ccc2cccc(Cl)c21. The number of alkyl halides is 1. The highest BCUT2D eigenvalue weighted by Gasteiger charge is 2.03. The standard InChI is InChI=1S/C10H9Cl2N/c11-5-7-13-6-4-8-2-1-3-9(12)10(8)13/h1-4,6H,5,7H2. The van der Waals surface area contributed by atoms with Crippen LogP contribution in [-0.4, -0.2) is 10.4 Å². The van der Waals surface area contributed by atoms with E-state index < -0.39 is 0 Å². The van der Waals surface area contributed by atoms with Crippen LogP contribution in [0, 0.1) is 0 Å². The van der Waals surface area contributed by atoms with Crippen molar-refractivity contribution < 1.29 is 0 Å². The Morgan fingerprint density at radius 1 is 1.23 bits per heavy atom. The maximum absolute atomic E-state index is 6.08. The third kappa shape index (κ3) is 1.54. The lowest BCUT2D eigenvalue weighted by molar-refractivity contribution is 0.804. The van der Waals surface area contributed by atoms with E-state index in [1.807, 2.05) is 30.5 Å². The first-order chi connectivity index (χ1) is 6.33. The van der Waals surface area contributed by atoms with E-state index in [4.69, 9.17) is 23.2 Å². The fourth-order valence-corrected chi connectivity index (χ4v) is 1.96. The molecule has 0 amide bonds. The molecule has 13 heavy (non-hydrogen) atoms. The van der Waals surface area contributed by atoms with E-state index in [2.05, 4.69) is 4.57 Å². The summed E-state index contributed by atoms with van der Waals surface area (Å²) in [5.74, 6) is 0.606. The third-order valence-corrected chi connectivity index (χ3v) is 2.54. The van der Waals surface area contributed by atoms with Gasteiger partial charge in [0.15, 0.2) is 0 Å². The molecule has 3 heteroatoms. The van der Waals surface area contributed by atoms with Crippen LogP contribution >= 0.6 is 23.2 Å². The number of hydrogen-bond donors (Lipinski definition) is 0. The fraction of sp³-hybridized carbons (Fsp3) is 0.200. The molecule has 0 radical (unpaired) electrons. The molecule has 2 rings (SSSR count). The van der Waals surface area contributed by atoms with Crippen LogP contribution in [0.1, 0.15) is 0 Å². The average Bonchev–Trinajstić information content (AvgIpc) is 2.51. The Morgan fingerprint density at radius 2 is 2.08 bits per heavy atom. The molecule has 0 atom stereocenters. The highest BCUT2D eigenvalue weighted by Crippen LogP contribution is 2.24. The van der Waals surface area contributed by atoms with Gasteiger partial charge >= 0.3 is 0 Å². The van der Waals surface area contributed by atoms with Gasteiger partial charge in [0.25, 0.3) is 0 Å². The van der Waals surface area contributed by atoms with Crippen LogP contribution < -0.4 is 0 Å². The second-order valence-corrected chi connectivity index (χ2v) is 3.66. The number of hydrogen-bond acceptors (Lipinski definition) is 0. The van der Waals surface area contributed by atoms with Crippen LogP contribution in [0.3, 0.4) is 0 Å². The maximum Gasteiger partial charge on any atom is 0.0669 e. The third-order valence-electron chi connectivity index (χ3n) is 2.06. The molecule has 68 valence electrons. The van der Waals surface area contributed by atoms with Crippen molar-refractivity contribution in [1.82, 2.24) is 4.57 Å². The van der Waals surface area contributed by atoms with Gasteiger partial charge in [-0.15, -0.1) is 11.6 Å². The van der Waals surface area contributed by atoms with Crippen molar-refractivity contribution in [3.8, 4) is 0 Å². The zero-order valence-corrected chi connectivity index (χ0v) is 8.52. The van der Waals surface area contributed by atoms with Gasteiger partial charge in [-0.25, -0.2) is 0 Å². The molecular weight excluding hydrogens is 205 g/mol. The van der Waals surface area contributed by atoms with Gasteiger partial charge < -0.3 is 4.57 Å². The second kappa shape index (κ2) is 3.60. The molecule has 1 aromatic heterocycles. The number of para-hydroxylation sites is 1. The minimum Gasteiger partial charge on any atom is -0.345 e. The summed E-state index contributed by atoms with van der Waals surface area (Å²) in [6, 6.07) is 7.95. The summed E-state index contributed by atoms with van der Waals surface area (Å²) in [5, 5.41) is 1.95. The van der Waals surface area contributed by atoms with Gasteiger partial charge in [-0.3, -0.25) is 0 Å². The molecule has 0 fully saturated rings. The van der Waals surface area contributed by atoms with E-state index in [-0.39, 0.29) is 0 Å². The van der Waals surface area contributed by atoms with Crippen molar-refractivity contribution in [3.05, 3.63) is 35.5 Å².